The number of rotatable bonds is 7. The van der Waals surface area contributed by atoms with Crippen LogP contribution in [-0.4, -0.2) is 43.4 Å². The number of amides is 5. The van der Waals surface area contributed by atoms with Gasteiger partial charge in [-0.15, -0.1) is 0 Å². The first-order valence-electron chi connectivity index (χ1n) is 11.0. The second-order valence-electron chi connectivity index (χ2n) is 7.77. The summed E-state index contributed by atoms with van der Waals surface area (Å²) in [7, 11) is 1.24. The number of esters is 1. The van der Waals surface area contributed by atoms with Crippen molar-refractivity contribution in [3.8, 4) is 5.75 Å². The van der Waals surface area contributed by atoms with E-state index in [0.717, 1.165) is 4.90 Å². The van der Waals surface area contributed by atoms with Gasteiger partial charge >= 0.3 is 12.0 Å². The van der Waals surface area contributed by atoms with E-state index >= 15 is 0 Å². The van der Waals surface area contributed by atoms with Crippen LogP contribution >= 0.6 is 0 Å². The molecule has 37 heavy (non-hydrogen) atoms. The number of para-hydroxylation sites is 1. The first-order valence-corrected chi connectivity index (χ1v) is 11.0. The van der Waals surface area contributed by atoms with Crippen molar-refractivity contribution in [2.45, 2.75) is 0 Å². The molecule has 186 valence electrons. The Hall–Kier alpha value is -5.25. The number of carbonyl (C=O) groups excluding carboxylic acids is 5. The van der Waals surface area contributed by atoms with Gasteiger partial charge in [0, 0.05) is 5.69 Å². The van der Waals surface area contributed by atoms with E-state index in [4.69, 9.17) is 4.74 Å². The third-order valence-corrected chi connectivity index (χ3v) is 5.27. The fourth-order valence-electron chi connectivity index (χ4n) is 3.45. The average Bonchev–Trinajstić information content (AvgIpc) is 2.91. The maximum absolute atomic E-state index is 13.0. The van der Waals surface area contributed by atoms with Crippen LogP contribution in [0.3, 0.4) is 0 Å². The van der Waals surface area contributed by atoms with E-state index in [2.05, 4.69) is 15.4 Å². The number of hydrogen-bond acceptors (Lipinski definition) is 7. The number of barbiturate groups is 1. The van der Waals surface area contributed by atoms with Gasteiger partial charge in [0.25, 0.3) is 17.7 Å². The summed E-state index contributed by atoms with van der Waals surface area (Å²) in [4.78, 5) is 62.3. The SMILES string of the molecule is COC(=O)c1ccc(N2C(=O)NC(=O)/C(=C\c3ccc(OCC(=O)Nc4ccccc4)cc3)C2=O)cc1. The van der Waals surface area contributed by atoms with Crippen molar-refractivity contribution in [3.05, 3.63) is 95.6 Å². The van der Waals surface area contributed by atoms with Crippen LogP contribution in [0.5, 0.6) is 5.75 Å². The Labute approximate surface area is 211 Å². The fraction of sp³-hybridized carbons (Fsp3) is 0.0741. The van der Waals surface area contributed by atoms with Crippen molar-refractivity contribution in [1.29, 1.82) is 0 Å². The molecule has 0 radical (unpaired) electrons. The van der Waals surface area contributed by atoms with Crippen molar-refractivity contribution in [1.82, 2.24) is 5.32 Å². The van der Waals surface area contributed by atoms with Gasteiger partial charge in [0.05, 0.1) is 18.4 Å². The highest BCUT2D eigenvalue weighted by Gasteiger charge is 2.36. The molecule has 1 aliphatic heterocycles. The van der Waals surface area contributed by atoms with Gasteiger partial charge < -0.3 is 14.8 Å². The Bertz CT molecular complexity index is 1380. The minimum absolute atomic E-state index is 0.172. The van der Waals surface area contributed by atoms with Crippen LogP contribution < -0.4 is 20.3 Å². The van der Waals surface area contributed by atoms with E-state index < -0.39 is 23.8 Å². The van der Waals surface area contributed by atoms with Crippen LogP contribution in [-0.2, 0) is 19.1 Å². The molecular weight excluding hydrogens is 478 g/mol. The second-order valence-corrected chi connectivity index (χ2v) is 7.77. The van der Waals surface area contributed by atoms with E-state index in [1.165, 1.54) is 37.5 Å². The van der Waals surface area contributed by atoms with Crippen LogP contribution in [0, 0.1) is 0 Å². The molecule has 2 N–H and O–H groups in total. The number of nitrogens with zero attached hydrogens (tertiary/aromatic N) is 1. The van der Waals surface area contributed by atoms with Gasteiger partial charge in [-0.1, -0.05) is 30.3 Å². The number of imide groups is 2. The highest BCUT2D eigenvalue weighted by molar-refractivity contribution is 6.39. The molecule has 3 aromatic rings. The molecule has 5 amide bonds. The van der Waals surface area contributed by atoms with Crippen LogP contribution in [0.4, 0.5) is 16.2 Å². The zero-order valence-corrected chi connectivity index (χ0v) is 19.6. The molecule has 1 fully saturated rings. The molecule has 4 rings (SSSR count). The molecule has 0 aliphatic carbocycles. The van der Waals surface area contributed by atoms with Crippen LogP contribution in [0.1, 0.15) is 15.9 Å². The smallest absolute Gasteiger partial charge is 0.337 e. The zero-order valence-electron chi connectivity index (χ0n) is 19.6. The number of benzene rings is 3. The Balaban J connectivity index is 1.44. The number of urea groups is 1. The van der Waals surface area contributed by atoms with Gasteiger partial charge in [0.2, 0.25) is 0 Å². The van der Waals surface area contributed by atoms with Crippen LogP contribution in [0.15, 0.2) is 84.4 Å². The lowest BCUT2D eigenvalue weighted by Crippen LogP contribution is -2.54. The van der Waals surface area contributed by atoms with E-state index in [-0.39, 0.29) is 29.3 Å². The molecule has 1 saturated heterocycles. The quantitative estimate of drug-likeness (QED) is 0.290. The van der Waals surface area contributed by atoms with Gasteiger partial charge in [-0.05, 0) is 60.2 Å². The Morgan fingerprint density at radius 2 is 1.59 bits per heavy atom. The minimum atomic E-state index is -0.907. The van der Waals surface area contributed by atoms with Crippen molar-refractivity contribution in [2.75, 3.05) is 23.9 Å². The van der Waals surface area contributed by atoms with E-state index in [9.17, 15) is 24.0 Å². The van der Waals surface area contributed by atoms with E-state index in [1.807, 2.05) is 6.07 Å². The third-order valence-electron chi connectivity index (χ3n) is 5.27. The molecular formula is C27H21N3O7. The molecule has 0 aromatic heterocycles. The Morgan fingerprint density at radius 3 is 2.24 bits per heavy atom. The lowest BCUT2D eigenvalue weighted by molar-refractivity contribution is -0.122. The predicted molar refractivity (Wildman–Crippen MR) is 134 cm³/mol. The summed E-state index contributed by atoms with van der Waals surface area (Å²) in [5.41, 5.74) is 1.30. The Kier molecular flexibility index (Phi) is 7.39. The van der Waals surface area contributed by atoms with Gasteiger partial charge in [-0.2, -0.15) is 0 Å². The summed E-state index contributed by atoms with van der Waals surface area (Å²) in [6.45, 7) is -0.206. The molecule has 0 unspecified atom stereocenters. The molecule has 10 nitrogen and oxygen atoms in total. The summed E-state index contributed by atoms with van der Waals surface area (Å²) in [5.74, 6) is -2.15. The largest absolute Gasteiger partial charge is 0.484 e. The molecule has 1 heterocycles. The second kappa shape index (κ2) is 11.0. The summed E-state index contributed by atoms with van der Waals surface area (Å²) in [5, 5.41) is 4.85. The van der Waals surface area contributed by atoms with Crippen molar-refractivity contribution in [3.63, 3.8) is 0 Å². The number of carbonyl (C=O) groups is 5. The number of methoxy groups -OCH3 is 1. The van der Waals surface area contributed by atoms with E-state index in [1.54, 1.807) is 48.5 Å². The maximum Gasteiger partial charge on any atom is 0.337 e. The molecule has 3 aromatic carbocycles. The molecule has 1 aliphatic rings. The lowest BCUT2D eigenvalue weighted by atomic mass is 10.1. The van der Waals surface area contributed by atoms with Crippen molar-refractivity contribution >= 4 is 47.2 Å². The van der Waals surface area contributed by atoms with E-state index in [0.29, 0.717) is 17.0 Å². The first-order chi connectivity index (χ1) is 17.9. The molecule has 0 saturated carbocycles. The van der Waals surface area contributed by atoms with Crippen LogP contribution in [0.2, 0.25) is 0 Å². The number of ether oxygens (including phenoxy) is 2. The summed E-state index contributed by atoms with van der Waals surface area (Å²) in [6.07, 6.45) is 1.34. The number of hydrogen-bond donors (Lipinski definition) is 2. The zero-order chi connectivity index (χ0) is 26.4. The number of anilines is 2. The third kappa shape index (κ3) is 5.88. The summed E-state index contributed by atoms with van der Waals surface area (Å²) >= 11 is 0. The summed E-state index contributed by atoms with van der Waals surface area (Å²) < 4.78 is 10.1. The number of nitrogens with one attached hydrogen (secondary N) is 2. The van der Waals surface area contributed by atoms with Crippen molar-refractivity contribution < 1.29 is 33.4 Å². The van der Waals surface area contributed by atoms with Gasteiger partial charge in [0.15, 0.2) is 6.61 Å². The normalized spacial score (nSPS) is 14.2. The van der Waals surface area contributed by atoms with Gasteiger partial charge in [-0.25, -0.2) is 14.5 Å². The van der Waals surface area contributed by atoms with Gasteiger partial charge in [-0.3, -0.25) is 19.7 Å². The highest BCUT2D eigenvalue weighted by atomic mass is 16.5. The highest BCUT2D eigenvalue weighted by Crippen LogP contribution is 2.23. The minimum Gasteiger partial charge on any atom is -0.484 e. The predicted octanol–water partition coefficient (Wildman–Crippen LogP) is 3.16. The Morgan fingerprint density at radius 1 is 0.919 bits per heavy atom. The topological polar surface area (TPSA) is 131 Å². The van der Waals surface area contributed by atoms with Crippen LogP contribution in [0.25, 0.3) is 6.08 Å². The van der Waals surface area contributed by atoms with Crippen molar-refractivity contribution in [2.24, 2.45) is 0 Å². The molecule has 0 atom stereocenters. The fourth-order valence-corrected chi connectivity index (χ4v) is 3.45. The standard InChI is InChI=1S/C27H21N3O7/c1-36-26(34)18-9-11-20(12-10-18)30-25(33)22(24(32)29-27(30)35)15-17-7-13-21(14-8-17)37-16-23(31)28-19-5-3-2-4-6-19/h2-15H,16H2,1H3,(H,28,31)(H,29,32,35)/b22-15+. The van der Waals surface area contributed by atoms with Gasteiger partial charge in [0.1, 0.15) is 11.3 Å². The lowest BCUT2D eigenvalue weighted by Gasteiger charge is -2.26. The maximum atomic E-state index is 13.0. The monoisotopic (exact) mass is 499 g/mol. The molecule has 0 spiro atoms. The molecule has 10 heteroatoms. The average molecular weight is 499 g/mol. The summed E-state index contributed by atoms with van der Waals surface area (Å²) in [6, 6.07) is 20.0. The first kappa shape index (κ1) is 24.9. The molecule has 0 bridgehead atoms.